The molecule has 0 heterocycles. The molecule has 0 fully saturated rings. The number of hydrogen-bond donors (Lipinski definition) is 0. The molecule has 4 aromatic rings. The van der Waals surface area contributed by atoms with E-state index in [0.717, 1.165) is 37.7 Å². The van der Waals surface area contributed by atoms with E-state index in [9.17, 15) is 22.4 Å². The lowest BCUT2D eigenvalue weighted by Gasteiger charge is -2.11. The van der Waals surface area contributed by atoms with E-state index >= 15 is 0 Å². The maximum absolute atomic E-state index is 14.8. The smallest absolute Gasteiger partial charge is 0.343 e. The van der Waals surface area contributed by atoms with Gasteiger partial charge in [-0.25, -0.2) is 13.6 Å². The molecule has 208 valence electrons. The lowest BCUT2D eigenvalue weighted by molar-refractivity contribution is 0.0726. The third-order valence-electron chi connectivity index (χ3n) is 6.60. The fourth-order valence-corrected chi connectivity index (χ4v) is 4.27. The second-order valence-electron chi connectivity index (χ2n) is 9.57. The monoisotopic (exact) mass is 550 g/mol. The van der Waals surface area contributed by atoms with Crippen molar-refractivity contribution in [1.29, 1.82) is 0 Å². The number of unbranched alkanes of at least 4 members (excludes halogenated alkanes) is 4. The standard InChI is InChI=1S/C33H30F4O3/c1-3-4-5-6-7-20-39-27-18-16-25(29(34)31(27)36)23-12-14-24(15-13-23)33(38)40-28-19-17-26(30(35)32(28)37)22-10-8-21(2)9-11-22/h8-19H,3-7,20H2,1-2H3. The van der Waals surface area contributed by atoms with Crippen molar-refractivity contribution in [2.45, 2.75) is 46.0 Å². The first-order valence-electron chi connectivity index (χ1n) is 13.3. The Hall–Kier alpha value is -4.13. The van der Waals surface area contributed by atoms with E-state index in [-0.39, 0.29) is 22.4 Å². The predicted octanol–water partition coefficient (Wildman–Crippen LogP) is 9.45. The van der Waals surface area contributed by atoms with Gasteiger partial charge in [-0.2, -0.15) is 8.78 Å². The molecule has 4 aromatic carbocycles. The maximum Gasteiger partial charge on any atom is 0.343 e. The number of esters is 1. The quantitative estimate of drug-likeness (QED) is 0.0808. The van der Waals surface area contributed by atoms with Crippen molar-refractivity contribution < 1.29 is 31.8 Å². The molecule has 7 heteroatoms. The zero-order valence-electron chi connectivity index (χ0n) is 22.4. The second-order valence-corrected chi connectivity index (χ2v) is 9.57. The number of rotatable bonds is 11. The van der Waals surface area contributed by atoms with Crippen LogP contribution < -0.4 is 9.47 Å². The first kappa shape index (κ1) is 28.9. The molecule has 0 amide bonds. The molecule has 0 aromatic heterocycles. The van der Waals surface area contributed by atoms with Gasteiger partial charge in [-0.05, 0) is 60.9 Å². The summed E-state index contributed by atoms with van der Waals surface area (Å²) in [5.41, 5.74) is 1.84. The molecule has 0 aliphatic heterocycles. The highest BCUT2D eigenvalue weighted by Gasteiger charge is 2.20. The Morgan fingerprint density at radius 1 is 0.625 bits per heavy atom. The molecule has 0 atom stereocenters. The molecular weight excluding hydrogens is 520 g/mol. The van der Waals surface area contributed by atoms with Crippen LogP contribution in [0.5, 0.6) is 11.5 Å². The van der Waals surface area contributed by atoms with Gasteiger partial charge in [-0.3, -0.25) is 0 Å². The Morgan fingerprint density at radius 2 is 1.15 bits per heavy atom. The molecule has 0 bridgehead atoms. The average molecular weight is 551 g/mol. The lowest BCUT2D eigenvalue weighted by atomic mass is 10.0. The molecule has 4 rings (SSSR count). The number of halogens is 4. The molecule has 0 saturated carbocycles. The Balaban J connectivity index is 1.43. The minimum Gasteiger partial charge on any atom is -0.490 e. The van der Waals surface area contributed by atoms with E-state index in [1.165, 1.54) is 48.5 Å². The maximum atomic E-state index is 14.8. The Kier molecular flexibility index (Phi) is 9.59. The fraction of sp³-hybridized carbons (Fsp3) is 0.242. The average Bonchev–Trinajstić information content (AvgIpc) is 2.96. The molecule has 0 saturated heterocycles. The van der Waals surface area contributed by atoms with Crippen molar-refractivity contribution in [3.63, 3.8) is 0 Å². The van der Waals surface area contributed by atoms with Crippen LogP contribution in [0.1, 0.15) is 54.9 Å². The van der Waals surface area contributed by atoms with Gasteiger partial charge in [0.1, 0.15) is 0 Å². The largest absolute Gasteiger partial charge is 0.490 e. The van der Waals surface area contributed by atoms with Crippen molar-refractivity contribution in [3.05, 3.63) is 107 Å². The van der Waals surface area contributed by atoms with Gasteiger partial charge in [-0.1, -0.05) is 74.6 Å². The summed E-state index contributed by atoms with van der Waals surface area (Å²) in [7, 11) is 0. The zero-order chi connectivity index (χ0) is 28.6. The van der Waals surface area contributed by atoms with Crippen LogP contribution in [0.25, 0.3) is 22.3 Å². The fourth-order valence-electron chi connectivity index (χ4n) is 4.27. The molecule has 0 N–H and O–H groups in total. The van der Waals surface area contributed by atoms with Crippen LogP contribution in [0.2, 0.25) is 0 Å². The SMILES string of the molecule is CCCCCCCOc1ccc(-c2ccc(C(=O)Oc3ccc(-c4ccc(C)cc4)c(F)c3F)cc2)c(F)c1F. The molecule has 3 nitrogen and oxygen atoms in total. The topological polar surface area (TPSA) is 35.5 Å². The summed E-state index contributed by atoms with van der Waals surface area (Å²) >= 11 is 0. The predicted molar refractivity (Wildman–Crippen MR) is 148 cm³/mol. The van der Waals surface area contributed by atoms with Gasteiger partial charge in [0.05, 0.1) is 12.2 Å². The van der Waals surface area contributed by atoms with Gasteiger partial charge in [0.15, 0.2) is 23.1 Å². The van der Waals surface area contributed by atoms with Crippen LogP contribution in [0, 0.1) is 30.2 Å². The highest BCUT2D eigenvalue weighted by Crippen LogP contribution is 2.32. The number of benzene rings is 4. The van der Waals surface area contributed by atoms with Gasteiger partial charge >= 0.3 is 5.97 Å². The van der Waals surface area contributed by atoms with E-state index in [0.29, 0.717) is 17.7 Å². The minimum absolute atomic E-state index is 0.00692. The zero-order valence-corrected chi connectivity index (χ0v) is 22.4. The van der Waals surface area contributed by atoms with E-state index in [1.54, 1.807) is 24.3 Å². The van der Waals surface area contributed by atoms with Crippen molar-refractivity contribution in [2.24, 2.45) is 0 Å². The molecule has 0 radical (unpaired) electrons. The Labute approximate surface area is 231 Å². The summed E-state index contributed by atoms with van der Waals surface area (Å²) in [4.78, 5) is 12.6. The van der Waals surface area contributed by atoms with Crippen LogP contribution in [0.3, 0.4) is 0 Å². The van der Waals surface area contributed by atoms with Crippen molar-refractivity contribution in [2.75, 3.05) is 6.61 Å². The Morgan fingerprint density at radius 3 is 1.75 bits per heavy atom. The highest BCUT2D eigenvalue weighted by atomic mass is 19.2. The van der Waals surface area contributed by atoms with Crippen LogP contribution in [0.4, 0.5) is 17.6 Å². The molecule has 40 heavy (non-hydrogen) atoms. The molecule has 0 aliphatic rings. The van der Waals surface area contributed by atoms with E-state index < -0.39 is 35.0 Å². The summed E-state index contributed by atoms with van der Waals surface area (Å²) in [6, 6.07) is 17.7. The van der Waals surface area contributed by atoms with E-state index in [1.807, 2.05) is 6.92 Å². The van der Waals surface area contributed by atoms with Gasteiger partial charge in [0, 0.05) is 11.1 Å². The normalized spacial score (nSPS) is 10.9. The number of ether oxygens (including phenoxy) is 2. The van der Waals surface area contributed by atoms with E-state index in [4.69, 9.17) is 9.47 Å². The lowest BCUT2D eigenvalue weighted by Crippen LogP contribution is -2.10. The number of hydrogen-bond acceptors (Lipinski definition) is 3. The molecule has 0 aliphatic carbocycles. The second kappa shape index (κ2) is 13.3. The number of aryl methyl sites for hydroxylation is 1. The van der Waals surface area contributed by atoms with Crippen LogP contribution >= 0.6 is 0 Å². The summed E-state index contributed by atoms with van der Waals surface area (Å²) < 4.78 is 69.4. The molecule has 0 spiro atoms. The first-order valence-corrected chi connectivity index (χ1v) is 13.3. The van der Waals surface area contributed by atoms with Crippen molar-refractivity contribution in [1.82, 2.24) is 0 Å². The van der Waals surface area contributed by atoms with E-state index in [2.05, 4.69) is 6.92 Å². The summed E-state index contributed by atoms with van der Waals surface area (Å²) in [5.74, 6) is -6.21. The Bertz CT molecular complexity index is 1470. The summed E-state index contributed by atoms with van der Waals surface area (Å²) in [5, 5.41) is 0. The third-order valence-corrected chi connectivity index (χ3v) is 6.60. The minimum atomic E-state index is -1.29. The third kappa shape index (κ3) is 6.71. The number of carbonyl (C=O) groups is 1. The van der Waals surface area contributed by atoms with Gasteiger partial charge in [-0.15, -0.1) is 0 Å². The van der Waals surface area contributed by atoms with Gasteiger partial charge in [0.2, 0.25) is 11.6 Å². The first-order chi connectivity index (χ1) is 19.3. The van der Waals surface area contributed by atoms with Crippen LogP contribution in [-0.2, 0) is 0 Å². The summed E-state index contributed by atoms with van der Waals surface area (Å²) in [6.45, 7) is 4.30. The molecule has 0 unspecified atom stereocenters. The van der Waals surface area contributed by atoms with Crippen LogP contribution in [0.15, 0.2) is 72.8 Å². The van der Waals surface area contributed by atoms with Gasteiger partial charge < -0.3 is 9.47 Å². The number of carbonyl (C=O) groups excluding carboxylic acids is 1. The van der Waals surface area contributed by atoms with Gasteiger partial charge in [0.25, 0.3) is 0 Å². The van der Waals surface area contributed by atoms with Crippen LogP contribution in [-0.4, -0.2) is 12.6 Å². The van der Waals surface area contributed by atoms with Crippen molar-refractivity contribution >= 4 is 5.97 Å². The highest BCUT2D eigenvalue weighted by molar-refractivity contribution is 5.91. The molecular formula is C33H30F4O3. The van der Waals surface area contributed by atoms with Crippen molar-refractivity contribution in [3.8, 4) is 33.8 Å². The summed E-state index contributed by atoms with van der Waals surface area (Å²) in [6.07, 6.45) is 5.04.